The third kappa shape index (κ3) is 1.94. The second kappa shape index (κ2) is 4.48. The average molecular weight is 272 g/mol. The molecule has 3 heterocycles. The summed E-state index contributed by atoms with van der Waals surface area (Å²) >= 11 is 0. The first kappa shape index (κ1) is 12.4. The first-order valence-corrected chi connectivity index (χ1v) is 6.23. The molecule has 0 aromatic carbocycles. The van der Waals surface area contributed by atoms with Crippen LogP contribution in [0.2, 0.25) is 0 Å². The summed E-state index contributed by atoms with van der Waals surface area (Å²) in [6, 6.07) is 0. The van der Waals surface area contributed by atoms with Crippen LogP contribution in [-0.4, -0.2) is 29.5 Å². The highest BCUT2D eigenvalue weighted by molar-refractivity contribution is 5.86. The van der Waals surface area contributed by atoms with E-state index < -0.39 is 0 Å². The van der Waals surface area contributed by atoms with E-state index in [0.717, 1.165) is 16.6 Å². The van der Waals surface area contributed by atoms with Gasteiger partial charge in [0.15, 0.2) is 5.65 Å². The van der Waals surface area contributed by atoms with Crippen LogP contribution in [0.3, 0.4) is 0 Å². The molecular weight excluding hydrogens is 256 g/mol. The second-order valence-electron chi connectivity index (χ2n) is 4.67. The van der Waals surface area contributed by atoms with Gasteiger partial charge in [-0.1, -0.05) is 0 Å². The van der Waals surface area contributed by atoms with E-state index in [1.165, 1.54) is 0 Å². The van der Waals surface area contributed by atoms with Crippen molar-refractivity contribution in [3.05, 3.63) is 23.7 Å². The van der Waals surface area contributed by atoms with E-state index in [2.05, 4.69) is 25.5 Å². The highest BCUT2D eigenvalue weighted by Gasteiger charge is 2.10. The Hall–Kier alpha value is -2.64. The van der Waals surface area contributed by atoms with Crippen LogP contribution in [0.4, 0.5) is 11.8 Å². The van der Waals surface area contributed by atoms with E-state index in [4.69, 9.17) is 5.73 Å². The third-order valence-electron chi connectivity index (χ3n) is 3.40. The standard InChI is InChI=1S/C12H16N8/c1-7-8(5-15-19(7)2)4-14-12-17-10(13)9-6-16-20(3)11(9)18-12/h5-6H,4H2,1-3H3,(H3,13,14,17,18). The fraction of sp³-hybridized carbons (Fsp3) is 0.333. The van der Waals surface area contributed by atoms with Gasteiger partial charge in [-0.2, -0.15) is 20.2 Å². The minimum atomic E-state index is 0.425. The average Bonchev–Trinajstić information content (AvgIpc) is 2.94. The minimum Gasteiger partial charge on any atom is -0.383 e. The number of hydrogen-bond donors (Lipinski definition) is 2. The maximum Gasteiger partial charge on any atom is 0.226 e. The van der Waals surface area contributed by atoms with Gasteiger partial charge in [0.05, 0.1) is 17.8 Å². The van der Waals surface area contributed by atoms with E-state index in [0.29, 0.717) is 24.0 Å². The maximum atomic E-state index is 5.91. The monoisotopic (exact) mass is 272 g/mol. The van der Waals surface area contributed by atoms with E-state index in [-0.39, 0.29) is 0 Å². The Bertz CT molecular complexity index is 769. The summed E-state index contributed by atoms with van der Waals surface area (Å²) in [6.07, 6.45) is 3.49. The van der Waals surface area contributed by atoms with Gasteiger partial charge in [0, 0.05) is 31.9 Å². The van der Waals surface area contributed by atoms with Gasteiger partial charge in [-0.25, -0.2) is 0 Å². The number of nitrogens with zero attached hydrogens (tertiary/aromatic N) is 6. The van der Waals surface area contributed by atoms with Crippen molar-refractivity contribution in [2.24, 2.45) is 14.1 Å². The van der Waals surface area contributed by atoms with Crippen molar-refractivity contribution in [1.82, 2.24) is 29.5 Å². The molecule has 104 valence electrons. The number of nitrogens with one attached hydrogen (secondary N) is 1. The summed E-state index contributed by atoms with van der Waals surface area (Å²) in [5.41, 5.74) is 8.82. The van der Waals surface area contributed by atoms with Crippen LogP contribution in [0.5, 0.6) is 0 Å². The van der Waals surface area contributed by atoms with Crippen molar-refractivity contribution in [3.63, 3.8) is 0 Å². The Morgan fingerprint density at radius 2 is 1.90 bits per heavy atom. The Balaban J connectivity index is 1.87. The van der Waals surface area contributed by atoms with Gasteiger partial charge in [-0.05, 0) is 6.92 Å². The number of nitrogen functional groups attached to an aromatic ring is 1. The number of hydrogen-bond acceptors (Lipinski definition) is 6. The van der Waals surface area contributed by atoms with Gasteiger partial charge in [-0.15, -0.1) is 0 Å². The molecule has 3 N–H and O–H groups in total. The highest BCUT2D eigenvalue weighted by atomic mass is 15.3. The van der Waals surface area contributed by atoms with Gasteiger partial charge < -0.3 is 11.1 Å². The summed E-state index contributed by atoms with van der Waals surface area (Å²) in [7, 11) is 3.73. The van der Waals surface area contributed by atoms with Crippen LogP contribution in [0, 0.1) is 6.92 Å². The molecule has 0 aliphatic heterocycles. The molecular formula is C12H16N8. The molecule has 8 heteroatoms. The zero-order valence-electron chi connectivity index (χ0n) is 11.6. The van der Waals surface area contributed by atoms with Crippen molar-refractivity contribution in [3.8, 4) is 0 Å². The summed E-state index contributed by atoms with van der Waals surface area (Å²) in [6.45, 7) is 2.62. The van der Waals surface area contributed by atoms with Gasteiger partial charge >= 0.3 is 0 Å². The molecule has 0 unspecified atom stereocenters. The molecule has 3 aromatic heterocycles. The minimum absolute atomic E-state index is 0.425. The fourth-order valence-corrected chi connectivity index (χ4v) is 2.02. The zero-order chi connectivity index (χ0) is 14.3. The lowest BCUT2D eigenvalue weighted by Crippen LogP contribution is -2.07. The van der Waals surface area contributed by atoms with Gasteiger partial charge in [0.1, 0.15) is 5.82 Å². The van der Waals surface area contributed by atoms with E-state index >= 15 is 0 Å². The molecule has 0 saturated carbocycles. The van der Waals surface area contributed by atoms with Gasteiger partial charge in [-0.3, -0.25) is 9.36 Å². The van der Waals surface area contributed by atoms with E-state index in [1.807, 2.05) is 31.9 Å². The lowest BCUT2D eigenvalue weighted by atomic mass is 10.2. The summed E-state index contributed by atoms with van der Waals surface area (Å²) in [5.74, 6) is 0.912. The Morgan fingerprint density at radius 3 is 2.60 bits per heavy atom. The van der Waals surface area contributed by atoms with Gasteiger partial charge in [0.2, 0.25) is 5.95 Å². The van der Waals surface area contributed by atoms with Crippen LogP contribution in [0.25, 0.3) is 11.0 Å². The van der Waals surface area contributed by atoms with Crippen molar-refractivity contribution in [2.45, 2.75) is 13.5 Å². The van der Waals surface area contributed by atoms with Crippen molar-refractivity contribution < 1.29 is 0 Å². The number of nitrogens with two attached hydrogens (primary N) is 1. The number of aromatic nitrogens is 6. The quantitative estimate of drug-likeness (QED) is 0.724. The van der Waals surface area contributed by atoms with Crippen LogP contribution in [0.15, 0.2) is 12.4 Å². The molecule has 0 spiro atoms. The summed E-state index contributed by atoms with van der Waals surface area (Å²) in [4.78, 5) is 8.66. The van der Waals surface area contributed by atoms with Gasteiger partial charge in [0.25, 0.3) is 0 Å². The number of fused-ring (bicyclic) bond motifs is 1. The molecule has 0 radical (unpaired) electrons. The van der Waals surface area contributed by atoms with E-state index in [9.17, 15) is 0 Å². The van der Waals surface area contributed by atoms with Crippen molar-refractivity contribution >= 4 is 22.8 Å². The Kier molecular flexibility index (Phi) is 2.78. The SMILES string of the molecule is Cc1c(CNc2nc(N)c3cnn(C)c3n2)cnn1C. The zero-order valence-corrected chi connectivity index (χ0v) is 11.6. The molecule has 0 aliphatic rings. The van der Waals surface area contributed by atoms with Crippen molar-refractivity contribution in [2.75, 3.05) is 11.1 Å². The molecule has 0 fully saturated rings. The predicted molar refractivity (Wildman–Crippen MR) is 76.0 cm³/mol. The van der Waals surface area contributed by atoms with Crippen LogP contribution < -0.4 is 11.1 Å². The Labute approximate surface area is 115 Å². The lowest BCUT2D eigenvalue weighted by molar-refractivity contribution is 0.738. The normalized spacial score (nSPS) is 11.2. The topological polar surface area (TPSA) is 99.5 Å². The smallest absolute Gasteiger partial charge is 0.226 e. The summed E-state index contributed by atoms with van der Waals surface area (Å²) in [5, 5.41) is 12.3. The predicted octanol–water partition coefficient (Wildman–Crippen LogP) is 0.600. The molecule has 0 amide bonds. The molecule has 0 aliphatic carbocycles. The number of rotatable bonds is 3. The molecule has 3 rings (SSSR count). The second-order valence-corrected chi connectivity index (χ2v) is 4.67. The molecule has 3 aromatic rings. The first-order chi connectivity index (χ1) is 9.56. The van der Waals surface area contributed by atoms with Crippen molar-refractivity contribution in [1.29, 1.82) is 0 Å². The molecule has 0 bridgehead atoms. The fourth-order valence-electron chi connectivity index (χ4n) is 2.02. The molecule has 0 saturated heterocycles. The third-order valence-corrected chi connectivity index (χ3v) is 3.40. The van der Waals surface area contributed by atoms with Crippen LogP contribution >= 0.6 is 0 Å². The van der Waals surface area contributed by atoms with E-state index in [1.54, 1.807) is 10.9 Å². The lowest BCUT2D eigenvalue weighted by Gasteiger charge is -2.06. The van der Waals surface area contributed by atoms with Crippen LogP contribution in [0.1, 0.15) is 11.3 Å². The molecule has 20 heavy (non-hydrogen) atoms. The maximum absolute atomic E-state index is 5.91. The Morgan fingerprint density at radius 1 is 1.15 bits per heavy atom. The number of anilines is 2. The van der Waals surface area contributed by atoms with Crippen LogP contribution in [-0.2, 0) is 20.6 Å². The summed E-state index contributed by atoms with van der Waals surface area (Å²) < 4.78 is 3.50. The number of aryl methyl sites for hydroxylation is 2. The largest absolute Gasteiger partial charge is 0.383 e. The molecule has 0 atom stereocenters. The highest BCUT2D eigenvalue weighted by Crippen LogP contribution is 2.18. The first-order valence-electron chi connectivity index (χ1n) is 6.23. The molecule has 8 nitrogen and oxygen atoms in total.